The molecule has 21 heavy (non-hydrogen) atoms. The van der Waals surface area contributed by atoms with Crippen molar-refractivity contribution in [3.8, 4) is 11.1 Å². The lowest BCUT2D eigenvalue weighted by atomic mass is 10.0. The highest BCUT2D eigenvalue weighted by atomic mass is 35.5. The molecule has 1 aromatic carbocycles. The maximum absolute atomic E-state index is 5.98. The molecule has 1 aromatic heterocycles. The first-order valence-corrected chi connectivity index (χ1v) is 7.56. The van der Waals surface area contributed by atoms with E-state index in [1.165, 1.54) is 6.42 Å². The summed E-state index contributed by atoms with van der Waals surface area (Å²) in [5.41, 5.74) is 3.26. The number of rotatable bonds is 3. The summed E-state index contributed by atoms with van der Waals surface area (Å²) < 4.78 is 0. The van der Waals surface area contributed by atoms with Crippen molar-refractivity contribution in [3.63, 3.8) is 0 Å². The van der Waals surface area contributed by atoms with Crippen molar-refractivity contribution in [1.29, 1.82) is 0 Å². The lowest BCUT2D eigenvalue weighted by Crippen LogP contribution is -2.19. The quantitative estimate of drug-likeness (QED) is 0.944. The minimum absolute atomic E-state index is 0.303. The van der Waals surface area contributed by atoms with Crippen molar-refractivity contribution < 1.29 is 0 Å². The Balaban J connectivity index is 2.07. The molecule has 1 atom stereocenters. The van der Waals surface area contributed by atoms with Gasteiger partial charge in [0.1, 0.15) is 0 Å². The molecule has 0 amide bonds. The summed E-state index contributed by atoms with van der Waals surface area (Å²) in [6.45, 7) is 1.05. The SMILES string of the molecule is CN(C)c1ncc(-c2ccc(Cl)cc2)c(C2CCCN2)n1. The Morgan fingerprint density at radius 2 is 2.00 bits per heavy atom. The van der Waals surface area contributed by atoms with Gasteiger partial charge in [-0.05, 0) is 37.1 Å². The minimum atomic E-state index is 0.303. The van der Waals surface area contributed by atoms with E-state index in [9.17, 15) is 0 Å². The lowest BCUT2D eigenvalue weighted by molar-refractivity contribution is 0.627. The number of benzene rings is 1. The van der Waals surface area contributed by atoms with Gasteiger partial charge >= 0.3 is 0 Å². The van der Waals surface area contributed by atoms with E-state index in [2.05, 4.69) is 10.3 Å². The average molecular weight is 303 g/mol. The van der Waals surface area contributed by atoms with E-state index in [1.807, 2.05) is 49.5 Å². The van der Waals surface area contributed by atoms with E-state index in [4.69, 9.17) is 16.6 Å². The molecule has 0 aliphatic carbocycles. The van der Waals surface area contributed by atoms with Crippen LogP contribution in [-0.4, -0.2) is 30.6 Å². The molecule has 0 spiro atoms. The average Bonchev–Trinajstić information content (AvgIpc) is 3.01. The standard InChI is InChI=1S/C16H19ClN4/c1-21(2)16-19-10-13(11-5-7-12(17)8-6-11)15(20-16)14-4-3-9-18-14/h5-8,10,14,18H,3-4,9H2,1-2H3. The van der Waals surface area contributed by atoms with Crippen molar-refractivity contribution >= 4 is 17.5 Å². The Hall–Kier alpha value is -1.65. The normalized spacial score (nSPS) is 18.0. The molecule has 4 nitrogen and oxygen atoms in total. The van der Waals surface area contributed by atoms with Crippen LogP contribution in [0.4, 0.5) is 5.95 Å². The monoisotopic (exact) mass is 302 g/mol. The van der Waals surface area contributed by atoms with Gasteiger partial charge in [-0.15, -0.1) is 0 Å². The van der Waals surface area contributed by atoms with Gasteiger partial charge in [0, 0.05) is 30.9 Å². The maximum Gasteiger partial charge on any atom is 0.225 e. The molecule has 2 heterocycles. The van der Waals surface area contributed by atoms with E-state index in [1.54, 1.807) is 0 Å². The fourth-order valence-electron chi connectivity index (χ4n) is 2.64. The molecule has 0 bridgehead atoms. The third-order valence-corrected chi connectivity index (χ3v) is 4.00. The summed E-state index contributed by atoms with van der Waals surface area (Å²) in [6.07, 6.45) is 4.22. The zero-order valence-electron chi connectivity index (χ0n) is 12.3. The molecule has 0 saturated carbocycles. The number of anilines is 1. The molecule has 3 rings (SSSR count). The topological polar surface area (TPSA) is 41.1 Å². The molecule has 1 aliphatic rings. The van der Waals surface area contributed by atoms with Gasteiger partial charge in [-0.1, -0.05) is 23.7 Å². The van der Waals surface area contributed by atoms with Gasteiger partial charge in [-0.3, -0.25) is 0 Å². The number of aromatic nitrogens is 2. The van der Waals surface area contributed by atoms with Gasteiger partial charge in [0.15, 0.2) is 0 Å². The molecule has 1 N–H and O–H groups in total. The van der Waals surface area contributed by atoms with Crippen LogP contribution in [0.2, 0.25) is 5.02 Å². The number of nitrogens with one attached hydrogen (secondary N) is 1. The van der Waals surface area contributed by atoms with Gasteiger partial charge in [-0.25, -0.2) is 9.97 Å². The molecule has 1 saturated heterocycles. The first-order chi connectivity index (χ1) is 10.1. The van der Waals surface area contributed by atoms with E-state index in [0.717, 1.165) is 40.8 Å². The predicted octanol–water partition coefficient (Wildman–Crippen LogP) is 3.29. The first kappa shape index (κ1) is 14.3. The summed E-state index contributed by atoms with van der Waals surface area (Å²) in [5, 5.41) is 4.27. The van der Waals surface area contributed by atoms with Crippen LogP contribution in [0.5, 0.6) is 0 Å². The largest absolute Gasteiger partial charge is 0.347 e. The summed E-state index contributed by atoms with van der Waals surface area (Å²) >= 11 is 5.98. The first-order valence-electron chi connectivity index (χ1n) is 7.19. The third-order valence-electron chi connectivity index (χ3n) is 3.75. The lowest BCUT2D eigenvalue weighted by Gasteiger charge is -2.18. The van der Waals surface area contributed by atoms with Gasteiger partial charge < -0.3 is 10.2 Å². The number of hydrogen-bond donors (Lipinski definition) is 1. The summed E-state index contributed by atoms with van der Waals surface area (Å²) in [4.78, 5) is 11.2. The van der Waals surface area contributed by atoms with E-state index in [-0.39, 0.29) is 0 Å². The number of halogens is 1. The van der Waals surface area contributed by atoms with Crippen LogP contribution in [-0.2, 0) is 0 Å². The van der Waals surface area contributed by atoms with Crippen molar-refractivity contribution in [1.82, 2.24) is 15.3 Å². The van der Waals surface area contributed by atoms with Crippen molar-refractivity contribution in [3.05, 3.63) is 41.2 Å². The van der Waals surface area contributed by atoms with E-state index >= 15 is 0 Å². The van der Waals surface area contributed by atoms with Crippen LogP contribution in [0.25, 0.3) is 11.1 Å². The Kier molecular flexibility index (Phi) is 4.08. The maximum atomic E-state index is 5.98. The van der Waals surface area contributed by atoms with Crippen LogP contribution < -0.4 is 10.2 Å². The minimum Gasteiger partial charge on any atom is -0.347 e. The predicted molar refractivity (Wildman–Crippen MR) is 86.8 cm³/mol. The third kappa shape index (κ3) is 3.01. The van der Waals surface area contributed by atoms with E-state index < -0.39 is 0 Å². The molecule has 1 unspecified atom stereocenters. The highest BCUT2D eigenvalue weighted by Crippen LogP contribution is 2.32. The fraction of sp³-hybridized carbons (Fsp3) is 0.375. The van der Waals surface area contributed by atoms with Crippen molar-refractivity contribution in [2.24, 2.45) is 0 Å². The molecule has 0 radical (unpaired) electrons. The number of hydrogen-bond acceptors (Lipinski definition) is 4. The van der Waals surface area contributed by atoms with Crippen molar-refractivity contribution in [2.75, 3.05) is 25.5 Å². The number of nitrogens with zero attached hydrogens (tertiary/aromatic N) is 3. The van der Waals surface area contributed by atoms with Gasteiger partial charge in [0.05, 0.1) is 11.7 Å². The molecule has 110 valence electrons. The highest BCUT2D eigenvalue weighted by Gasteiger charge is 2.22. The molecule has 2 aromatic rings. The smallest absolute Gasteiger partial charge is 0.225 e. The van der Waals surface area contributed by atoms with Gasteiger partial charge in [0.2, 0.25) is 5.95 Å². The van der Waals surface area contributed by atoms with Crippen molar-refractivity contribution in [2.45, 2.75) is 18.9 Å². The Labute approximate surface area is 130 Å². The highest BCUT2D eigenvalue weighted by molar-refractivity contribution is 6.30. The second-order valence-corrected chi connectivity index (χ2v) is 5.96. The van der Waals surface area contributed by atoms with Crippen LogP contribution in [0.3, 0.4) is 0 Å². The molecule has 1 aliphatic heterocycles. The zero-order chi connectivity index (χ0) is 14.8. The summed E-state index contributed by atoms with van der Waals surface area (Å²) in [5.74, 6) is 0.747. The van der Waals surface area contributed by atoms with Crippen LogP contribution in [0.1, 0.15) is 24.6 Å². The molecular weight excluding hydrogens is 284 g/mol. The second-order valence-electron chi connectivity index (χ2n) is 5.52. The Morgan fingerprint density at radius 1 is 1.24 bits per heavy atom. The fourth-order valence-corrected chi connectivity index (χ4v) is 2.76. The second kappa shape index (κ2) is 6.00. The zero-order valence-corrected chi connectivity index (χ0v) is 13.1. The summed E-state index contributed by atoms with van der Waals surface area (Å²) in [7, 11) is 3.92. The molecule has 1 fully saturated rings. The molecule has 5 heteroatoms. The molecular formula is C16H19ClN4. The Morgan fingerprint density at radius 3 is 2.62 bits per heavy atom. The van der Waals surface area contributed by atoms with Gasteiger partial charge in [0.25, 0.3) is 0 Å². The van der Waals surface area contributed by atoms with Crippen LogP contribution >= 0.6 is 11.6 Å². The van der Waals surface area contributed by atoms with Crippen LogP contribution in [0.15, 0.2) is 30.5 Å². The Bertz CT molecular complexity index is 619. The van der Waals surface area contributed by atoms with Crippen LogP contribution in [0, 0.1) is 0 Å². The van der Waals surface area contributed by atoms with E-state index in [0.29, 0.717) is 6.04 Å². The summed E-state index contributed by atoms with van der Waals surface area (Å²) in [6, 6.07) is 8.16. The van der Waals surface area contributed by atoms with Gasteiger partial charge in [-0.2, -0.15) is 0 Å².